The number of phenolic OH excluding ortho intramolecular Hbond substituents is 2. The predicted molar refractivity (Wildman–Crippen MR) is 95.8 cm³/mol. The van der Waals surface area contributed by atoms with Crippen LogP contribution in [0, 0.1) is 0 Å². The van der Waals surface area contributed by atoms with Gasteiger partial charge in [0.25, 0.3) is 0 Å². The zero-order valence-corrected chi connectivity index (χ0v) is 14.3. The highest BCUT2D eigenvalue weighted by atomic mass is 16.3. The number of fused-ring (bicyclic) bond motifs is 2. The fourth-order valence-electron chi connectivity index (χ4n) is 4.15. The number of nitrogens with one attached hydrogen (secondary N) is 2. The lowest BCUT2D eigenvalue weighted by atomic mass is 9.89. The molecule has 1 aliphatic carbocycles. The Labute approximate surface area is 142 Å². The Morgan fingerprint density at radius 2 is 2.00 bits per heavy atom. The molecule has 2 heterocycles. The first-order chi connectivity index (χ1) is 11.4. The third-order valence-electron chi connectivity index (χ3n) is 5.31. The van der Waals surface area contributed by atoms with Gasteiger partial charge in [-0.1, -0.05) is 0 Å². The van der Waals surface area contributed by atoms with Gasteiger partial charge in [-0.3, -0.25) is 4.98 Å². The number of piperidine rings is 1. The molecule has 1 aromatic carbocycles. The maximum absolute atomic E-state index is 9.96. The molecule has 0 bridgehead atoms. The summed E-state index contributed by atoms with van der Waals surface area (Å²) in [6.07, 6.45) is 5.25. The van der Waals surface area contributed by atoms with Crippen molar-refractivity contribution in [2.24, 2.45) is 0 Å². The molecule has 1 aliphatic heterocycles. The summed E-state index contributed by atoms with van der Waals surface area (Å²) in [5, 5.41) is 28.0. The van der Waals surface area contributed by atoms with E-state index in [0.29, 0.717) is 6.04 Å². The molecule has 2 aromatic rings. The van der Waals surface area contributed by atoms with E-state index in [0.717, 1.165) is 60.9 Å². The number of hydrogen-bond acceptors (Lipinski definition) is 5. The zero-order chi connectivity index (χ0) is 16.9. The van der Waals surface area contributed by atoms with Gasteiger partial charge in [-0.15, -0.1) is 0 Å². The van der Waals surface area contributed by atoms with Gasteiger partial charge in [0.1, 0.15) is 0 Å². The first kappa shape index (κ1) is 15.5. The van der Waals surface area contributed by atoms with Crippen molar-refractivity contribution in [2.75, 3.05) is 11.9 Å². The van der Waals surface area contributed by atoms with Crippen LogP contribution in [0.15, 0.2) is 12.1 Å². The molecule has 1 atom stereocenters. The second-order valence-corrected chi connectivity index (χ2v) is 7.77. The van der Waals surface area contributed by atoms with Gasteiger partial charge in [0, 0.05) is 34.4 Å². The van der Waals surface area contributed by atoms with E-state index in [-0.39, 0.29) is 17.0 Å². The molecule has 2 aliphatic rings. The SMILES string of the molecule is CC1(C)CC(Nc2c3c(nc4cc(O)c(O)cc24)CCC3)CCN1. The van der Waals surface area contributed by atoms with Crippen LogP contribution >= 0.6 is 0 Å². The molecule has 0 amide bonds. The minimum atomic E-state index is -0.109. The topological polar surface area (TPSA) is 77.4 Å². The Bertz CT molecular complexity index is 801. The van der Waals surface area contributed by atoms with E-state index < -0.39 is 0 Å². The van der Waals surface area contributed by atoms with E-state index in [1.54, 1.807) is 12.1 Å². The fraction of sp³-hybridized carbons (Fsp3) is 0.526. The molecular weight excluding hydrogens is 302 g/mol. The number of aromatic hydroxyl groups is 2. The molecule has 1 saturated heterocycles. The van der Waals surface area contributed by atoms with Gasteiger partial charge < -0.3 is 20.8 Å². The number of hydrogen-bond donors (Lipinski definition) is 4. The van der Waals surface area contributed by atoms with Crippen LogP contribution in [0.5, 0.6) is 11.5 Å². The van der Waals surface area contributed by atoms with Crippen LogP contribution in [0.3, 0.4) is 0 Å². The first-order valence-corrected chi connectivity index (χ1v) is 8.82. The monoisotopic (exact) mass is 327 g/mol. The van der Waals surface area contributed by atoms with Gasteiger partial charge >= 0.3 is 0 Å². The molecule has 1 aromatic heterocycles. The normalized spacial score (nSPS) is 22.5. The maximum Gasteiger partial charge on any atom is 0.159 e. The van der Waals surface area contributed by atoms with Crippen molar-refractivity contribution in [3.05, 3.63) is 23.4 Å². The van der Waals surface area contributed by atoms with Crippen LogP contribution in [0.4, 0.5) is 5.69 Å². The highest BCUT2D eigenvalue weighted by Gasteiger charge is 2.29. The predicted octanol–water partition coefficient (Wildman–Crippen LogP) is 3.08. The average Bonchev–Trinajstić information content (AvgIpc) is 2.96. The summed E-state index contributed by atoms with van der Waals surface area (Å²) in [6.45, 7) is 5.47. The third-order valence-corrected chi connectivity index (χ3v) is 5.31. The maximum atomic E-state index is 9.96. The molecule has 0 radical (unpaired) electrons. The number of pyridine rings is 1. The van der Waals surface area contributed by atoms with Crippen LogP contribution in [-0.2, 0) is 12.8 Å². The molecule has 4 N–H and O–H groups in total. The molecule has 1 fully saturated rings. The molecule has 0 saturated carbocycles. The molecular formula is C19H25N3O2. The van der Waals surface area contributed by atoms with Gasteiger partial charge in [-0.05, 0) is 64.1 Å². The van der Waals surface area contributed by atoms with Crippen LogP contribution in [0.25, 0.3) is 10.9 Å². The minimum absolute atomic E-state index is 0.0871. The lowest BCUT2D eigenvalue weighted by Gasteiger charge is -2.37. The Morgan fingerprint density at radius 1 is 1.21 bits per heavy atom. The van der Waals surface area contributed by atoms with Crippen LogP contribution < -0.4 is 10.6 Å². The summed E-state index contributed by atoms with van der Waals surface area (Å²) in [5.74, 6) is -0.196. The number of phenols is 2. The fourth-order valence-corrected chi connectivity index (χ4v) is 4.15. The third kappa shape index (κ3) is 2.67. The summed E-state index contributed by atoms with van der Waals surface area (Å²) in [5.41, 5.74) is 4.39. The first-order valence-electron chi connectivity index (χ1n) is 8.82. The molecule has 0 spiro atoms. The van der Waals surface area contributed by atoms with E-state index in [2.05, 4.69) is 24.5 Å². The van der Waals surface area contributed by atoms with Crippen molar-refractivity contribution in [3.63, 3.8) is 0 Å². The van der Waals surface area contributed by atoms with Crippen LogP contribution in [0.1, 0.15) is 44.4 Å². The second kappa shape index (κ2) is 5.52. The Hall–Kier alpha value is -2.01. The zero-order valence-electron chi connectivity index (χ0n) is 14.3. The Kier molecular flexibility index (Phi) is 3.57. The summed E-state index contributed by atoms with van der Waals surface area (Å²) in [4.78, 5) is 4.72. The molecule has 4 rings (SSSR count). The molecule has 5 nitrogen and oxygen atoms in total. The van der Waals surface area contributed by atoms with Gasteiger partial charge in [-0.25, -0.2) is 0 Å². The van der Waals surface area contributed by atoms with Gasteiger partial charge in [-0.2, -0.15) is 0 Å². The summed E-state index contributed by atoms with van der Waals surface area (Å²) in [6, 6.07) is 3.61. The van der Waals surface area contributed by atoms with Gasteiger partial charge in [0.05, 0.1) is 5.52 Å². The standard InChI is InChI=1S/C19H25N3O2/c1-19(2)10-11(6-7-20-19)21-18-12-4-3-5-14(12)22-15-9-17(24)16(23)8-13(15)18/h8-9,11,20,23-24H,3-7,10H2,1-2H3,(H,21,22). The van der Waals surface area contributed by atoms with E-state index >= 15 is 0 Å². The number of aryl methyl sites for hydroxylation is 1. The number of rotatable bonds is 2. The number of aromatic nitrogens is 1. The Morgan fingerprint density at radius 3 is 2.79 bits per heavy atom. The summed E-state index contributed by atoms with van der Waals surface area (Å²) < 4.78 is 0. The van der Waals surface area contributed by atoms with E-state index in [1.807, 2.05) is 0 Å². The van der Waals surface area contributed by atoms with Crippen molar-refractivity contribution in [1.29, 1.82) is 0 Å². The number of anilines is 1. The van der Waals surface area contributed by atoms with Crippen molar-refractivity contribution < 1.29 is 10.2 Å². The van der Waals surface area contributed by atoms with Gasteiger partial charge in [0.15, 0.2) is 11.5 Å². The van der Waals surface area contributed by atoms with Gasteiger partial charge in [0.2, 0.25) is 0 Å². The number of benzene rings is 1. The van der Waals surface area contributed by atoms with E-state index in [9.17, 15) is 10.2 Å². The lowest BCUT2D eigenvalue weighted by Crippen LogP contribution is -2.50. The summed E-state index contributed by atoms with van der Waals surface area (Å²) >= 11 is 0. The molecule has 5 heteroatoms. The Balaban J connectivity index is 1.80. The van der Waals surface area contributed by atoms with Crippen LogP contribution in [-0.4, -0.2) is 33.3 Å². The average molecular weight is 327 g/mol. The van der Waals surface area contributed by atoms with Crippen molar-refractivity contribution in [2.45, 2.75) is 57.5 Å². The molecule has 1 unspecified atom stereocenters. The quantitative estimate of drug-likeness (QED) is 0.638. The summed E-state index contributed by atoms with van der Waals surface area (Å²) in [7, 11) is 0. The minimum Gasteiger partial charge on any atom is -0.504 e. The van der Waals surface area contributed by atoms with E-state index in [1.165, 1.54) is 5.56 Å². The molecule has 128 valence electrons. The highest BCUT2D eigenvalue weighted by Crippen LogP contribution is 2.39. The van der Waals surface area contributed by atoms with Crippen molar-refractivity contribution in [3.8, 4) is 11.5 Å². The second-order valence-electron chi connectivity index (χ2n) is 7.77. The van der Waals surface area contributed by atoms with E-state index in [4.69, 9.17) is 4.98 Å². The lowest BCUT2D eigenvalue weighted by molar-refractivity contribution is 0.286. The molecule has 24 heavy (non-hydrogen) atoms. The smallest absolute Gasteiger partial charge is 0.159 e. The van der Waals surface area contributed by atoms with Crippen LogP contribution in [0.2, 0.25) is 0 Å². The largest absolute Gasteiger partial charge is 0.504 e. The highest BCUT2D eigenvalue weighted by molar-refractivity contribution is 5.96. The van der Waals surface area contributed by atoms with Crippen molar-refractivity contribution >= 4 is 16.6 Å². The number of nitrogens with zero attached hydrogens (tertiary/aromatic N) is 1. The van der Waals surface area contributed by atoms with Crippen molar-refractivity contribution in [1.82, 2.24) is 10.3 Å².